The Hall–Kier alpha value is -4.10. The minimum Gasteiger partial charge on any atom is -0.486 e. The van der Waals surface area contributed by atoms with Crippen LogP contribution in [0.4, 0.5) is 4.79 Å². The number of ether oxygens (including phenoxy) is 3. The molecule has 3 aromatic carbocycles. The maximum Gasteiger partial charge on any atom is 0.404 e. The van der Waals surface area contributed by atoms with Crippen molar-refractivity contribution in [1.82, 2.24) is 9.78 Å². The molecule has 1 saturated heterocycles. The highest BCUT2D eigenvalue weighted by molar-refractivity contribution is 6.01. The van der Waals surface area contributed by atoms with Crippen LogP contribution in [0.25, 0.3) is 22.0 Å². The van der Waals surface area contributed by atoms with Crippen LogP contribution >= 0.6 is 0 Å². The molecule has 7 heteroatoms. The van der Waals surface area contributed by atoms with Crippen molar-refractivity contribution in [2.24, 2.45) is 11.1 Å². The molecule has 2 N–H and O–H groups in total. The summed E-state index contributed by atoms with van der Waals surface area (Å²) in [7, 11) is 0. The minimum atomic E-state index is -0.805. The quantitative estimate of drug-likeness (QED) is 0.181. The third-order valence-corrected chi connectivity index (χ3v) is 8.64. The molecular formula is C38H47N3O4. The molecule has 7 nitrogen and oxygen atoms in total. The van der Waals surface area contributed by atoms with Gasteiger partial charge in [0.1, 0.15) is 18.5 Å². The predicted molar refractivity (Wildman–Crippen MR) is 181 cm³/mol. The van der Waals surface area contributed by atoms with Gasteiger partial charge in [0.05, 0.1) is 11.7 Å². The number of carbonyl (C=O) groups excluding carboxylic acids is 1. The number of rotatable bonds is 10. The van der Waals surface area contributed by atoms with Crippen LogP contribution in [-0.4, -0.2) is 35.2 Å². The van der Waals surface area contributed by atoms with Crippen molar-refractivity contribution in [2.75, 3.05) is 13.2 Å². The van der Waals surface area contributed by atoms with E-state index in [0.29, 0.717) is 11.7 Å². The van der Waals surface area contributed by atoms with Crippen molar-refractivity contribution >= 4 is 28.1 Å². The Morgan fingerprint density at radius 3 is 2.42 bits per heavy atom. The average Bonchev–Trinajstić information content (AvgIpc) is 3.45. The molecule has 2 atom stereocenters. The van der Waals surface area contributed by atoms with E-state index in [-0.39, 0.29) is 24.4 Å². The summed E-state index contributed by atoms with van der Waals surface area (Å²) >= 11 is 0. The highest BCUT2D eigenvalue weighted by Gasteiger charge is 2.28. The van der Waals surface area contributed by atoms with Gasteiger partial charge in [-0.2, -0.15) is 5.10 Å². The van der Waals surface area contributed by atoms with E-state index in [0.717, 1.165) is 54.3 Å². The molecule has 4 aromatic rings. The molecule has 2 unspecified atom stereocenters. The van der Waals surface area contributed by atoms with Crippen molar-refractivity contribution in [1.29, 1.82) is 0 Å². The first kappa shape index (κ1) is 32.3. The SMILES string of the molecule is CCC(=C(c1ccc(OC(COC(N)=O)C(C)(C)C)cc1)c1ccc2c(cnn2C2CCCCO2)c1)c1ccccc1C(C)C. The highest BCUT2D eigenvalue weighted by atomic mass is 16.6. The van der Waals surface area contributed by atoms with Gasteiger partial charge in [-0.3, -0.25) is 0 Å². The molecule has 0 bridgehead atoms. The summed E-state index contributed by atoms with van der Waals surface area (Å²) < 4.78 is 19.6. The van der Waals surface area contributed by atoms with E-state index in [1.807, 2.05) is 23.0 Å². The Kier molecular flexibility index (Phi) is 9.98. The molecule has 1 amide bonds. The van der Waals surface area contributed by atoms with Crippen LogP contribution in [0.15, 0.2) is 72.9 Å². The third kappa shape index (κ3) is 7.42. The van der Waals surface area contributed by atoms with E-state index >= 15 is 0 Å². The summed E-state index contributed by atoms with van der Waals surface area (Å²) in [5, 5.41) is 5.85. The van der Waals surface area contributed by atoms with Gasteiger partial charge in [-0.05, 0) is 89.3 Å². The number of nitrogens with zero attached hydrogens (tertiary/aromatic N) is 2. The van der Waals surface area contributed by atoms with Crippen molar-refractivity contribution < 1.29 is 19.0 Å². The van der Waals surface area contributed by atoms with E-state index in [4.69, 9.17) is 25.0 Å². The van der Waals surface area contributed by atoms with Gasteiger partial charge in [0.15, 0.2) is 6.23 Å². The van der Waals surface area contributed by atoms with E-state index in [2.05, 4.69) is 96.1 Å². The second-order valence-corrected chi connectivity index (χ2v) is 13.3. The number of amides is 1. The lowest BCUT2D eigenvalue weighted by Gasteiger charge is -2.30. The van der Waals surface area contributed by atoms with Crippen molar-refractivity contribution in [3.05, 3.63) is 95.2 Å². The van der Waals surface area contributed by atoms with Gasteiger partial charge in [-0.1, -0.05) is 84.0 Å². The molecule has 0 spiro atoms. The highest BCUT2D eigenvalue weighted by Crippen LogP contribution is 2.39. The van der Waals surface area contributed by atoms with Crippen LogP contribution < -0.4 is 10.5 Å². The van der Waals surface area contributed by atoms with E-state index < -0.39 is 6.09 Å². The van der Waals surface area contributed by atoms with Gasteiger partial charge < -0.3 is 19.9 Å². The average molecular weight is 610 g/mol. The van der Waals surface area contributed by atoms with Crippen molar-refractivity contribution in [3.8, 4) is 5.75 Å². The largest absolute Gasteiger partial charge is 0.486 e. The number of hydrogen-bond acceptors (Lipinski definition) is 5. The van der Waals surface area contributed by atoms with Gasteiger partial charge in [0.2, 0.25) is 0 Å². The zero-order chi connectivity index (χ0) is 32.1. The lowest BCUT2D eigenvalue weighted by molar-refractivity contribution is -0.0366. The number of fused-ring (bicyclic) bond motifs is 1. The molecule has 0 aliphatic carbocycles. The summed E-state index contributed by atoms with van der Waals surface area (Å²) in [5.41, 5.74) is 13.4. The van der Waals surface area contributed by atoms with Crippen LogP contribution in [0.3, 0.4) is 0 Å². The summed E-state index contributed by atoms with van der Waals surface area (Å²) in [6.45, 7) is 13.7. The fourth-order valence-electron chi connectivity index (χ4n) is 6.13. The molecule has 1 aliphatic heterocycles. The van der Waals surface area contributed by atoms with E-state index in [1.165, 1.54) is 22.3 Å². The Morgan fingerprint density at radius 2 is 1.78 bits per heavy atom. The first-order valence-electron chi connectivity index (χ1n) is 16.2. The fraction of sp³-hybridized carbons (Fsp3) is 0.421. The van der Waals surface area contributed by atoms with Crippen LogP contribution in [-0.2, 0) is 9.47 Å². The minimum absolute atomic E-state index is 0.0147. The maximum atomic E-state index is 11.3. The van der Waals surface area contributed by atoms with Crippen LogP contribution in [0, 0.1) is 5.41 Å². The monoisotopic (exact) mass is 609 g/mol. The predicted octanol–water partition coefficient (Wildman–Crippen LogP) is 9.12. The molecular weight excluding hydrogens is 562 g/mol. The molecule has 238 valence electrons. The van der Waals surface area contributed by atoms with Crippen LogP contribution in [0.5, 0.6) is 5.75 Å². The topological polar surface area (TPSA) is 88.6 Å². The van der Waals surface area contributed by atoms with E-state index in [9.17, 15) is 4.79 Å². The van der Waals surface area contributed by atoms with Crippen LogP contribution in [0.1, 0.15) is 102 Å². The summed E-state index contributed by atoms with van der Waals surface area (Å²) in [5.74, 6) is 1.09. The molecule has 0 saturated carbocycles. The number of primary amides is 1. The van der Waals surface area contributed by atoms with Crippen molar-refractivity contribution in [3.63, 3.8) is 0 Å². The summed E-state index contributed by atoms with van der Waals surface area (Å²) in [6, 6.07) is 23.6. The maximum absolute atomic E-state index is 11.3. The number of benzene rings is 3. The van der Waals surface area contributed by atoms with Gasteiger partial charge in [-0.25, -0.2) is 9.48 Å². The van der Waals surface area contributed by atoms with Gasteiger partial charge in [0.25, 0.3) is 0 Å². The smallest absolute Gasteiger partial charge is 0.404 e. The second kappa shape index (κ2) is 13.9. The lowest BCUT2D eigenvalue weighted by Crippen LogP contribution is -2.37. The number of hydrogen-bond donors (Lipinski definition) is 1. The van der Waals surface area contributed by atoms with Gasteiger partial charge in [-0.15, -0.1) is 0 Å². The molecule has 1 aromatic heterocycles. The number of carbonyl (C=O) groups is 1. The lowest BCUT2D eigenvalue weighted by atomic mass is 9.84. The molecule has 1 aliphatic rings. The van der Waals surface area contributed by atoms with Gasteiger partial charge >= 0.3 is 6.09 Å². The molecule has 5 rings (SSSR count). The molecule has 2 heterocycles. The Bertz CT molecular complexity index is 1640. The van der Waals surface area contributed by atoms with Crippen LogP contribution in [0.2, 0.25) is 0 Å². The second-order valence-electron chi connectivity index (χ2n) is 13.3. The van der Waals surface area contributed by atoms with Gasteiger partial charge in [0, 0.05) is 17.4 Å². The number of allylic oxidation sites excluding steroid dienone is 1. The normalized spacial score (nSPS) is 16.8. The zero-order valence-corrected chi connectivity index (χ0v) is 27.5. The summed E-state index contributed by atoms with van der Waals surface area (Å²) in [6.07, 6.45) is 4.88. The Labute approximate surface area is 267 Å². The fourth-order valence-corrected chi connectivity index (χ4v) is 6.13. The first-order chi connectivity index (χ1) is 21.6. The van der Waals surface area contributed by atoms with Crippen molar-refractivity contribution in [2.45, 2.75) is 85.5 Å². The van der Waals surface area contributed by atoms with E-state index in [1.54, 1.807) is 0 Å². The standard InChI is InChI=1S/C38H47N3O4/c1-7-30(32-13-9-8-12-31(32)25(2)3)36(26-15-18-29(19-16-26)45-34(38(4,5)6)24-44-37(39)42)27-17-20-33-28(22-27)23-40-41(33)35-14-10-11-21-43-35/h8-9,12-13,15-20,22-23,25,34-35H,7,10-11,14,21,24H2,1-6H3,(H2,39,42). The molecule has 1 fully saturated rings. The zero-order valence-electron chi connectivity index (χ0n) is 27.5. The molecule has 45 heavy (non-hydrogen) atoms. The Morgan fingerprint density at radius 1 is 1.04 bits per heavy atom. The number of aromatic nitrogens is 2. The first-order valence-corrected chi connectivity index (χ1v) is 16.2. The Balaban J connectivity index is 1.59. The number of nitrogens with two attached hydrogens (primary N) is 1. The summed E-state index contributed by atoms with van der Waals surface area (Å²) in [4.78, 5) is 11.3. The third-order valence-electron chi connectivity index (χ3n) is 8.64. The molecule has 0 radical (unpaired) electrons.